The zero-order valence-corrected chi connectivity index (χ0v) is 14.1. The topological polar surface area (TPSA) is 75.6 Å². The van der Waals surface area contributed by atoms with Crippen LogP contribution in [0.3, 0.4) is 0 Å². The summed E-state index contributed by atoms with van der Waals surface area (Å²) in [7, 11) is 0. The Kier molecular flexibility index (Phi) is 5.40. The first-order valence-corrected chi connectivity index (χ1v) is 8.57. The second-order valence-corrected chi connectivity index (χ2v) is 6.47. The van der Waals surface area contributed by atoms with Crippen LogP contribution in [0.1, 0.15) is 35.9 Å². The minimum Gasteiger partial charge on any atom is -0.378 e. The molecule has 24 heavy (non-hydrogen) atoms. The predicted molar refractivity (Wildman–Crippen MR) is 87.4 cm³/mol. The highest BCUT2D eigenvalue weighted by atomic mass is 16.5. The molecule has 3 heterocycles. The number of carbonyl (C=O) groups excluding carboxylic acids is 2. The summed E-state index contributed by atoms with van der Waals surface area (Å²) < 4.78 is 5.26. The van der Waals surface area contributed by atoms with Gasteiger partial charge in [0.25, 0.3) is 5.91 Å². The highest BCUT2D eigenvalue weighted by Gasteiger charge is 2.23. The minimum atomic E-state index is -0.0854. The van der Waals surface area contributed by atoms with E-state index in [1.165, 1.54) is 0 Å². The van der Waals surface area contributed by atoms with Gasteiger partial charge in [-0.25, -0.2) is 4.98 Å². The Labute approximate surface area is 142 Å². The summed E-state index contributed by atoms with van der Waals surface area (Å²) in [6.07, 6.45) is 6.19. The maximum atomic E-state index is 12.3. The number of morpholine rings is 1. The van der Waals surface area contributed by atoms with Crippen molar-refractivity contribution in [3.8, 4) is 0 Å². The summed E-state index contributed by atoms with van der Waals surface area (Å²) in [5, 5.41) is 0. The van der Waals surface area contributed by atoms with Crippen LogP contribution in [0.4, 0.5) is 0 Å². The second-order valence-electron chi connectivity index (χ2n) is 6.47. The molecule has 2 amide bonds. The van der Waals surface area contributed by atoms with Gasteiger partial charge in [-0.3, -0.25) is 14.6 Å². The third-order valence-corrected chi connectivity index (χ3v) is 4.68. The molecule has 130 valence electrons. The van der Waals surface area contributed by atoms with E-state index in [1.54, 1.807) is 24.2 Å². The second kappa shape index (κ2) is 7.70. The highest BCUT2D eigenvalue weighted by molar-refractivity contribution is 5.92. The molecule has 3 rings (SSSR count). The van der Waals surface area contributed by atoms with Crippen LogP contribution in [0.2, 0.25) is 0 Å². The quantitative estimate of drug-likeness (QED) is 0.816. The molecule has 0 radical (unpaired) electrons. The Morgan fingerprint density at radius 2 is 1.96 bits per heavy atom. The average molecular weight is 332 g/mol. The van der Waals surface area contributed by atoms with Gasteiger partial charge in [-0.2, -0.15) is 0 Å². The first kappa shape index (κ1) is 16.8. The number of hydrogen-bond donors (Lipinski definition) is 0. The first-order chi connectivity index (χ1) is 11.6. The fourth-order valence-corrected chi connectivity index (χ4v) is 3.31. The van der Waals surface area contributed by atoms with Gasteiger partial charge in [0.15, 0.2) is 0 Å². The number of nitrogens with zero attached hydrogens (tertiary/aromatic N) is 4. The van der Waals surface area contributed by atoms with Gasteiger partial charge in [0.1, 0.15) is 5.69 Å². The summed E-state index contributed by atoms with van der Waals surface area (Å²) in [6.45, 7) is 5.61. The van der Waals surface area contributed by atoms with Crippen molar-refractivity contribution in [1.29, 1.82) is 0 Å². The van der Waals surface area contributed by atoms with Gasteiger partial charge in [0.05, 0.1) is 25.1 Å². The number of likely N-dealkylation sites (tertiary alicyclic amines) is 1. The number of piperidine rings is 1. The number of aromatic nitrogens is 2. The van der Waals surface area contributed by atoms with Crippen LogP contribution in [0.5, 0.6) is 0 Å². The number of ether oxygens (including phenoxy) is 1. The van der Waals surface area contributed by atoms with Crippen molar-refractivity contribution >= 4 is 11.8 Å². The zero-order valence-electron chi connectivity index (χ0n) is 14.1. The average Bonchev–Trinajstić information content (AvgIpc) is 2.63. The molecule has 2 saturated heterocycles. The Morgan fingerprint density at radius 1 is 1.17 bits per heavy atom. The lowest BCUT2D eigenvalue weighted by Crippen LogP contribution is -2.41. The fourth-order valence-electron chi connectivity index (χ4n) is 3.31. The molecule has 0 unspecified atom stereocenters. The lowest BCUT2D eigenvalue weighted by Gasteiger charge is -2.31. The summed E-state index contributed by atoms with van der Waals surface area (Å²) in [4.78, 5) is 36.2. The Morgan fingerprint density at radius 3 is 2.62 bits per heavy atom. The van der Waals surface area contributed by atoms with Crippen LogP contribution in [0, 0.1) is 5.92 Å². The normalized spacial score (nSPS) is 21.6. The molecule has 0 saturated carbocycles. The molecule has 2 aliphatic rings. The molecule has 1 aromatic rings. The molecular formula is C17H24N4O3. The van der Waals surface area contributed by atoms with E-state index in [2.05, 4.69) is 9.97 Å². The van der Waals surface area contributed by atoms with E-state index in [-0.39, 0.29) is 11.8 Å². The van der Waals surface area contributed by atoms with Crippen LogP contribution < -0.4 is 0 Å². The van der Waals surface area contributed by atoms with Crippen molar-refractivity contribution < 1.29 is 14.3 Å². The van der Waals surface area contributed by atoms with Crippen LogP contribution in [0.25, 0.3) is 0 Å². The van der Waals surface area contributed by atoms with E-state index >= 15 is 0 Å². The molecule has 0 spiro atoms. The summed E-state index contributed by atoms with van der Waals surface area (Å²) in [5.41, 5.74) is 1.26. The van der Waals surface area contributed by atoms with Gasteiger partial charge >= 0.3 is 0 Å². The summed E-state index contributed by atoms with van der Waals surface area (Å²) in [5.74, 6) is 0.466. The van der Waals surface area contributed by atoms with Crippen LogP contribution in [0.15, 0.2) is 12.4 Å². The maximum Gasteiger partial charge on any atom is 0.274 e. The standard InChI is InChI=1S/C17H24N4O3/c1-13(22)21-4-2-3-14(12-21)9-15-10-19-16(11-18-15)17(23)20-5-7-24-8-6-20/h10-11,14H,2-9,12H2,1H3/t14-/m1/s1. The molecule has 1 atom stereocenters. The molecule has 2 aliphatic heterocycles. The van der Waals surface area contributed by atoms with Gasteiger partial charge in [-0.05, 0) is 25.2 Å². The Bertz CT molecular complexity index is 584. The van der Waals surface area contributed by atoms with E-state index in [1.807, 2.05) is 4.90 Å². The van der Waals surface area contributed by atoms with Crippen molar-refractivity contribution in [3.63, 3.8) is 0 Å². The number of amides is 2. The smallest absolute Gasteiger partial charge is 0.274 e. The Hall–Kier alpha value is -2.02. The highest BCUT2D eigenvalue weighted by Crippen LogP contribution is 2.20. The minimum absolute atomic E-state index is 0.0854. The van der Waals surface area contributed by atoms with E-state index in [0.717, 1.165) is 38.0 Å². The first-order valence-electron chi connectivity index (χ1n) is 8.57. The van der Waals surface area contributed by atoms with E-state index in [0.29, 0.717) is 37.9 Å². The zero-order chi connectivity index (χ0) is 16.9. The number of carbonyl (C=O) groups is 2. The largest absolute Gasteiger partial charge is 0.378 e. The molecule has 0 aromatic carbocycles. The molecule has 1 aromatic heterocycles. The van der Waals surface area contributed by atoms with Crippen molar-refractivity contribution in [2.24, 2.45) is 5.92 Å². The molecule has 7 heteroatoms. The fraction of sp³-hybridized carbons (Fsp3) is 0.647. The SMILES string of the molecule is CC(=O)N1CCC[C@H](Cc2cnc(C(=O)N3CCOCC3)cn2)C1. The van der Waals surface area contributed by atoms with Gasteiger partial charge < -0.3 is 14.5 Å². The van der Waals surface area contributed by atoms with Gasteiger partial charge in [-0.1, -0.05) is 0 Å². The van der Waals surface area contributed by atoms with Crippen molar-refractivity contribution in [3.05, 3.63) is 23.8 Å². The van der Waals surface area contributed by atoms with Crippen molar-refractivity contribution in [2.75, 3.05) is 39.4 Å². The van der Waals surface area contributed by atoms with E-state index in [4.69, 9.17) is 4.74 Å². The maximum absolute atomic E-state index is 12.3. The van der Waals surface area contributed by atoms with Gasteiger partial charge in [0.2, 0.25) is 5.91 Å². The third kappa shape index (κ3) is 4.08. The summed E-state index contributed by atoms with van der Waals surface area (Å²) in [6, 6.07) is 0. The molecule has 7 nitrogen and oxygen atoms in total. The lowest BCUT2D eigenvalue weighted by atomic mass is 9.93. The Balaban J connectivity index is 1.58. The summed E-state index contributed by atoms with van der Waals surface area (Å²) >= 11 is 0. The molecule has 0 bridgehead atoms. The van der Waals surface area contributed by atoms with Crippen LogP contribution in [-0.2, 0) is 16.0 Å². The van der Waals surface area contributed by atoms with Crippen LogP contribution >= 0.6 is 0 Å². The monoisotopic (exact) mass is 332 g/mol. The molecule has 0 aliphatic carbocycles. The number of hydrogen-bond acceptors (Lipinski definition) is 5. The van der Waals surface area contributed by atoms with Crippen molar-refractivity contribution in [2.45, 2.75) is 26.2 Å². The number of rotatable bonds is 3. The molecular weight excluding hydrogens is 308 g/mol. The van der Waals surface area contributed by atoms with E-state index < -0.39 is 0 Å². The van der Waals surface area contributed by atoms with E-state index in [9.17, 15) is 9.59 Å². The predicted octanol–water partition coefficient (Wildman–Crippen LogP) is 0.750. The lowest BCUT2D eigenvalue weighted by molar-refractivity contribution is -0.130. The molecule has 0 N–H and O–H groups in total. The van der Waals surface area contributed by atoms with Crippen molar-refractivity contribution in [1.82, 2.24) is 19.8 Å². The molecule has 2 fully saturated rings. The van der Waals surface area contributed by atoms with Gasteiger partial charge in [-0.15, -0.1) is 0 Å². The van der Waals surface area contributed by atoms with Gasteiger partial charge in [0, 0.05) is 39.3 Å². The van der Waals surface area contributed by atoms with Crippen LogP contribution in [-0.4, -0.2) is 71.0 Å². The third-order valence-electron chi connectivity index (χ3n) is 4.68.